The number of phenols is 1. The maximum atomic E-state index is 9.30. The normalized spacial score (nSPS) is 16.1. The summed E-state index contributed by atoms with van der Waals surface area (Å²) in [6, 6.07) is 7.14. The molecule has 1 aromatic carbocycles. The first-order valence-corrected chi connectivity index (χ1v) is 5.29. The Morgan fingerprint density at radius 3 is 2.60 bits per heavy atom. The zero-order chi connectivity index (χ0) is 10.7. The number of hydrogen-bond acceptors (Lipinski definition) is 3. The van der Waals surface area contributed by atoms with Gasteiger partial charge in [0.05, 0.1) is 11.3 Å². The molecule has 0 aromatic heterocycles. The van der Waals surface area contributed by atoms with Gasteiger partial charge < -0.3 is 10.0 Å². The molecular formula is C12H14N2O. The summed E-state index contributed by atoms with van der Waals surface area (Å²) in [5.41, 5.74) is 1.52. The Bertz CT molecular complexity index is 389. The topological polar surface area (TPSA) is 47.3 Å². The first kappa shape index (κ1) is 9.85. The van der Waals surface area contributed by atoms with Crippen molar-refractivity contribution >= 4 is 5.69 Å². The van der Waals surface area contributed by atoms with E-state index in [0.717, 1.165) is 18.8 Å². The van der Waals surface area contributed by atoms with Gasteiger partial charge in [-0.25, -0.2) is 0 Å². The number of nitrogens with zero attached hydrogens (tertiary/aromatic N) is 2. The van der Waals surface area contributed by atoms with Crippen LogP contribution in [-0.4, -0.2) is 18.2 Å². The monoisotopic (exact) mass is 202 g/mol. The largest absolute Gasteiger partial charge is 0.508 e. The molecule has 0 saturated carbocycles. The zero-order valence-electron chi connectivity index (χ0n) is 8.61. The number of phenolic OH excluding ortho intramolecular Hbond substituents is 1. The Morgan fingerprint density at radius 1 is 1.20 bits per heavy atom. The summed E-state index contributed by atoms with van der Waals surface area (Å²) in [4.78, 5) is 2.22. The highest BCUT2D eigenvalue weighted by Gasteiger charge is 2.14. The van der Waals surface area contributed by atoms with Crippen molar-refractivity contribution in [2.75, 3.05) is 18.0 Å². The van der Waals surface area contributed by atoms with Gasteiger partial charge in [0.15, 0.2) is 0 Å². The van der Waals surface area contributed by atoms with Crippen molar-refractivity contribution in [1.29, 1.82) is 5.26 Å². The Hall–Kier alpha value is -1.69. The maximum Gasteiger partial charge on any atom is 0.117 e. The molecule has 0 unspecified atom stereocenters. The standard InChI is InChI=1S/C12H14N2O/c13-9-10-8-11(15)4-5-12(10)14-6-2-1-3-7-14/h4-5,8,15H,1-3,6-7H2. The van der Waals surface area contributed by atoms with Crippen molar-refractivity contribution in [3.8, 4) is 11.8 Å². The first-order chi connectivity index (χ1) is 7.31. The average Bonchev–Trinajstić information content (AvgIpc) is 2.30. The van der Waals surface area contributed by atoms with E-state index in [9.17, 15) is 5.11 Å². The predicted octanol–water partition coefficient (Wildman–Crippen LogP) is 2.25. The Kier molecular flexibility index (Phi) is 2.77. The lowest BCUT2D eigenvalue weighted by Gasteiger charge is -2.29. The molecule has 1 heterocycles. The number of hydrogen-bond donors (Lipinski definition) is 1. The SMILES string of the molecule is N#Cc1cc(O)ccc1N1CCCCC1. The van der Waals surface area contributed by atoms with Gasteiger partial charge in [-0.2, -0.15) is 5.26 Å². The molecular weight excluding hydrogens is 188 g/mol. The lowest BCUT2D eigenvalue weighted by Crippen LogP contribution is -2.29. The first-order valence-electron chi connectivity index (χ1n) is 5.29. The molecule has 0 amide bonds. The molecule has 1 fully saturated rings. The molecule has 0 radical (unpaired) electrons. The van der Waals surface area contributed by atoms with Gasteiger partial charge in [0.2, 0.25) is 0 Å². The minimum atomic E-state index is 0.160. The number of aromatic hydroxyl groups is 1. The van der Waals surface area contributed by atoms with E-state index in [1.807, 2.05) is 6.07 Å². The van der Waals surface area contributed by atoms with E-state index in [2.05, 4.69) is 11.0 Å². The molecule has 1 saturated heterocycles. The average molecular weight is 202 g/mol. The maximum absolute atomic E-state index is 9.30. The van der Waals surface area contributed by atoms with Gasteiger partial charge >= 0.3 is 0 Å². The fourth-order valence-electron chi connectivity index (χ4n) is 2.02. The number of nitriles is 1. The Balaban J connectivity index is 2.30. The highest BCUT2D eigenvalue weighted by Crippen LogP contribution is 2.26. The number of rotatable bonds is 1. The lowest BCUT2D eigenvalue weighted by atomic mass is 10.1. The van der Waals surface area contributed by atoms with Crippen LogP contribution in [0.25, 0.3) is 0 Å². The van der Waals surface area contributed by atoms with Crippen LogP contribution >= 0.6 is 0 Å². The summed E-state index contributed by atoms with van der Waals surface area (Å²) in [5.74, 6) is 0.160. The fraction of sp³-hybridized carbons (Fsp3) is 0.417. The summed E-state index contributed by atoms with van der Waals surface area (Å²) >= 11 is 0. The lowest BCUT2D eigenvalue weighted by molar-refractivity contribution is 0.475. The van der Waals surface area contributed by atoms with Gasteiger partial charge in [0.1, 0.15) is 11.8 Å². The van der Waals surface area contributed by atoms with Gasteiger partial charge in [-0.1, -0.05) is 0 Å². The Labute approximate surface area is 89.6 Å². The highest BCUT2D eigenvalue weighted by atomic mass is 16.3. The van der Waals surface area contributed by atoms with E-state index >= 15 is 0 Å². The van der Waals surface area contributed by atoms with E-state index in [4.69, 9.17) is 5.26 Å². The molecule has 0 aliphatic carbocycles. The molecule has 2 rings (SSSR count). The van der Waals surface area contributed by atoms with E-state index < -0.39 is 0 Å². The second kappa shape index (κ2) is 4.22. The van der Waals surface area contributed by atoms with Gasteiger partial charge in [-0.3, -0.25) is 0 Å². The van der Waals surface area contributed by atoms with Crippen molar-refractivity contribution in [3.05, 3.63) is 23.8 Å². The van der Waals surface area contributed by atoms with E-state index in [-0.39, 0.29) is 5.75 Å². The van der Waals surface area contributed by atoms with Crippen LogP contribution in [0, 0.1) is 11.3 Å². The van der Waals surface area contributed by atoms with Crippen molar-refractivity contribution in [2.45, 2.75) is 19.3 Å². The van der Waals surface area contributed by atoms with Crippen LogP contribution in [0.3, 0.4) is 0 Å². The second-order valence-corrected chi connectivity index (χ2v) is 3.86. The number of piperidine rings is 1. The van der Waals surface area contributed by atoms with E-state index in [1.54, 1.807) is 6.07 Å². The third-order valence-electron chi connectivity index (χ3n) is 2.80. The Morgan fingerprint density at radius 2 is 1.93 bits per heavy atom. The molecule has 1 aliphatic heterocycles. The second-order valence-electron chi connectivity index (χ2n) is 3.86. The zero-order valence-corrected chi connectivity index (χ0v) is 8.61. The minimum Gasteiger partial charge on any atom is -0.508 e. The predicted molar refractivity (Wildman–Crippen MR) is 58.9 cm³/mol. The van der Waals surface area contributed by atoms with Crippen molar-refractivity contribution in [3.63, 3.8) is 0 Å². The van der Waals surface area contributed by atoms with Crippen LogP contribution in [0.5, 0.6) is 5.75 Å². The number of benzene rings is 1. The summed E-state index contributed by atoms with van der Waals surface area (Å²) in [7, 11) is 0. The van der Waals surface area contributed by atoms with Crippen LogP contribution in [0.4, 0.5) is 5.69 Å². The molecule has 3 nitrogen and oxygen atoms in total. The molecule has 78 valence electrons. The molecule has 0 spiro atoms. The van der Waals surface area contributed by atoms with Crippen molar-refractivity contribution in [2.24, 2.45) is 0 Å². The summed E-state index contributed by atoms with van der Waals surface area (Å²) in [5, 5.41) is 18.3. The quantitative estimate of drug-likeness (QED) is 0.759. The van der Waals surface area contributed by atoms with Crippen LogP contribution in [0.15, 0.2) is 18.2 Å². The fourth-order valence-corrected chi connectivity index (χ4v) is 2.02. The summed E-state index contributed by atoms with van der Waals surface area (Å²) in [6.07, 6.45) is 3.65. The molecule has 1 aromatic rings. The van der Waals surface area contributed by atoms with Crippen LogP contribution in [0.1, 0.15) is 24.8 Å². The van der Waals surface area contributed by atoms with Crippen LogP contribution < -0.4 is 4.90 Å². The highest BCUT2D eigenvalue weighted by molar-refractivity contribution is 5.61. The molecule has 1 N–H and O–H groups in total. The third-order valence-corrected chi connectivity index (χ3v) is 2.80. The molecule has 1 aliphatic rings. The smallest absolute Gasteiger partial charge is 0.117 e. The van der Waals surface area contributed by atoms with Gasteiger partial charge in [-0.15, -0.1) is 0 Å². The van der Waals surface area contributed by atoms with Crippen LogP contribution in [0.2, 0.25) is 0 Å². The van der Waals surface area contributed by atoms with Crippen molar-refractivity contribution in [1.82, 2.24) is 0 Å². The van der Waals surface area contributed by atoms with E-state index in [1.165, 1.54) is 25.3 Å². The summed E-state index contributed by atoms with van der Waals surface area (Å²) < 4.78 is 0. The van der Waals surface area contributed by atoms with Gasteiger partial charge in [0, 0.05) is 13.1 Å². The molecule has 0 bridgehead atoms. The number of anilines is 1. The minimum absolute atomic E-state index is 0.160. The van der Waals surface area contributed by atoms with Gasteiger partial charge in [-0.05, 0) is 37.5 Å². The van der Waals surface area contributed by atoms with Crippen LogP contribution in [-0.2, 0) is 0 Å². The van der Waals surface area contributed by atoms with Gasteiger partial charge in [0.25, 0.3) is 0 Å². The van der Waals surface area contributed by atoms with E-state index in [0.29, 0.717) is 5.56 Å². The molecule has 15 heavy (non-hydrogen) atoms. The molecule has 3 heteroatoms. The third kappa shape index (κ3) is 2.04. The molecule has 0 atom stereocenters. The van der Waals surface area contributed by atoms with Crippen molar-refractivity contribution < 1.29 is 5.11 Å². The summed E-state index contributed by atoms with van der Waals surface area (Å²) in [6.45, 7) is 2.03.